The van der Waals surface area contributed by atoms with Crippen molar-refractivity contribution in [2.45, 2.75) is 92.9 Å². The lowest BCUT2D eigenvalue weighted by Gasteiger charge is -2.28. The van der Waals surface area contributed by atoms with Crippen molar-refractivity contribution in [1.29, 1.82) is 0 Å². The summed E-state index contributed by atoms with van der Waals surface area (Å²) in [5.41, 5.74) is 13.2. The Bertz CT molecular complexity index is 921. The monoisotopic (exact) mass is 374 g/mol. The molecule has 0 amide bonds. The highest BCUT2D eigenvalue weighted by Gasteiger charge is 2.23. The first-order valence-electron chi connectivity index (χ1n) is 11.6. The second-order valence-corrected chi connectivity index (χ2v) is 8.10. The van der Waals surface area contributed by atoms with E-state index in [0.717, 1.165) is 38.5 Å². The van der Waals surface area contributed by atoms with Crippen molar-refractivity contribution in [1.82, 2.24) is 0 Å². The van der Waals surface area contributed by atoms with Gasteiger partial charge in [0, 0.05) is 0 Å². The number of rotatable bonds is 6. The van der Waals surface area contributed by atoms with Gasteiger partial charge in [0.25, 0.3) is 0 Å². The Morgan fingerprint density at radius 2 is 1.04 bits per heavy atom. The Balaban J connectivity index is 2.45. The van der Waals surface area contributed by atoms with Crippen LogP contribution >= 0.6 is 0 Å². The fourth-order valence-electron chi connectivity index (χ4n) is 5.62. The van der Waals surface area contributed by atoms with Gasteiger partial charge in [-0.05, 0) is 95.5 Å². The highest BCUT2D eigenvalue weighted by Crippen LogP contribution is 2.40. The standard InChI is InChI=1S/C28H38/c1-7-19-17-27-24(12-6)23(11-5)25-15-13-14-16-26(25)28(27)18-20(8-2)22(10-4)21(19)9-3/h13-16H,7-12,17-18H2,1-6H3/b21-19-,22-20-. The van der Waals surface area contributed by atoms with Crippen LogP contribution in [-0.4, -0.2) is 0 Å². The SMILES string of the molecule is CC/C1=C(CC)/C(CC)=C(/CC)Cc2c(c(CC)c(CC)c3ccccc23)C1. The van der Waals surface area contributed by atoms with E-state index in [0.29, 0.717) is 0 Å². The predicted molar refractivity (Wildman–Crippen MR) is 125 cm³/mol. The van der Waals surface area contributed by atoms with Gasteiger partial charge in [0.1, 0.15) is 0 Å². The maximum absolute atomic E-state index is 2.38. The summed E-state index contributed by atoms with van der Waals surface area (Å²) in [5.74, 6) is 0. The van der Waals surface area contributed by atoms with Crippen molar-refractivity contribution in [3.63, 3.8) is 0 Å². The van der Waals surface area contributed by atoms with Crippen LogP contribution < -0.4 is 0 Å². The van der Waals surface area contributed by atoms with Crippen LogP contribution in [0.2, 0.25) is 0 Å². The number of aryl methyl sites for hydroxylation is 1. The highest BCUT2D eigenvalue weighted by atomic mass is 14.3. The van der Waals surface area contributed by atoms with Crippen molar-refractivity contribution in [2.75, 3.05) is 0 Å². The summed E-state index contributed by atoms with van der Waals surface area (Å²) in [5, 5.41) is 3.00. The summed E-state index contributed by atoms with van der Waals surface area (Å²) in [6.07, 6.45) is 9.20. The molecule has 0 heterocycles. The minimum Gasteiger partial charge on any atom is -0.0626 e. The first-order chi connectivity index (χ1) is 13.6. The Morgan fingerprint density at radius 3 is 1.50 bits per heavy atom. The quantitative estimate of drug-likeness (QED) is 0.477. The topological polar surface area (TPSA) is 0 Å². The molecule has 1 aliphatic carbocycles. The van der Waals surface area contributed by atoms with Crippen molar-refractivity contribution >= 4 is 10.8 Å². The third-order valence-corrected chi connectivity index (χ3v) is 6.94. The summed E-state index contributed by atoms with van der Waals surface area (Å²) in [4.78, 5) is 0. The Labute approximate surface area is 172 Å². The van der Waals surface area contributed by atoms with Gasteiger partial charge < -0.3 is 0 Å². The summed E-state index contributed by atoms with van der Waals surface area (Å²) < 4.78 is 0. The van der Waals surface area contributed by atoms with E-state index in [1.54, 1.807) is 44.5 Å². The van der Waals surface area contributed by atoms with Crippen LogP contribution in [-0.2, 0) is 25.7 Å². The third-order valence-electron chi connectivity index (χ3n) is 6.94. The van der Waals surface area contributed by atoms with Crippen molar-refractivity contribution in [3.8, 4) is 0 Å². The highest BCUT2D eigenvalue weighted by molar-refractivity contribution is 5.91. The molecule has 0 saturated heterocycles. The third kappa shape index (κ3) is 3.47. The van der Waals surface area contributed by atoms with Gasteiger partial charge in [0.2, 0.25) is 0 Å². The molecule has 3 rings (SSSR count). The van der Waals surface area contributed by atoms with Gasteiger partial charge in [-0.25, -0.2) is 0 Å². The molecule has 0 aliphatic heterocycles. The molecule has 0 fully saturated rings. The number of allylic oxidation sites excluding steroid dienone is 4. The molecule has 2 aromatic rings. The summed E-state index contributed by atoms with van der Waals surface area (Å²) in [7, 11) is 0. The fraction of sp³-hybridized carbons (Fsp3) is 0.500. The van der Waals surface area contributed by atoms with Crippen molar-refractivity contribution in [2.24, 2.45) is 0 Å². The lowest BCUT2D eigenvalue weighted by Crippen LogP contribution is -2.13. The molecule has 0 aromatic heterocycles. The second kappa shape index (κ2) is 9.12. The average Bonchev–Trinajstić information content (AvgIpc) is 2.73. The second-order valence-electron chi connectivity index (χ2n) is 8.10. The van der Waals surface area contributed by atoms with Crippen LogP contribution in [0.3, 0.4) is 0 Å². The lowest BCUT2D eigenvalue weighted by molar-refractivity contribution is 0.841. The van der Waals surface area contributed by atoms with Crippen LogP contribution in [0.1, 0.15) is 89.5 Å². The summed E-state index contributed by atoms with van der Waals surface area (Å²) in [6, 6.07) is 9.19. The molecule has 150 valence electrons. The van der Waals surface area contributed by atoms with E-state index >= 15 is 0 Å². The number of hydrogen-bond acceptors (Lipinski definition) is 0. The van der Waals surface area contributed by atoms with Gasteiger partial charge in [-0.15, -0.1) is 0 Å². The van der Waals surface area contributed by atoms with Crippen LogP contribution in [0.5, 0.6) is 0 Å². The number of benzene rings is 2. The smallest absolute Gasteiger partial charge is 0.00522 e. The van der Waals surface area contributed by atoms with Gasteiger partial charge in [-0.3, -0.25) is 0 Å². The molecule has 28 heavy (non-hydrogen) atoms. The largest absolute Gasteiger partial charge is 0.0626 e. The number of fused-ring (bicyclic) bond motifs is 3. The first-order valence-corrected chi connectivity index (χ1v) is 11.6. The Morgan fingerprint density at radius 1 is 0.536 bits per heavy atom. The van der Waals surface area contributed by atoms with Crippen LogP contribution in [0.15, 0.2) is 46.6 Å². The van der Waals surface area contributed by atoms with Crippen molar-refractivity contribution < 1.29 is 0 Å². The minimum absolute atomic E-state index is 1.12. The van der Waals surface area contributed by atoms with Gasteiger partial charge in [-0.2, -0.15) is 0 Å². The molecular weight excluding hydrogens is 336 g/mol. The van der Waals surface area contributed by atoms with E-state index in [-0.39, 0.29) is 0 Å². The van der Waals surface area contributed by atoms with E-state index in [2.05, 4.69) is 65.8 Å². The van der Waals surface area contributed by atoms with E-state index in [1.807, 2.05) is 0 Å². The van der Waals surface area contributed by atoms with E-state index < -0.39 is 0 Å². The van der Waals surface area contributed by atoms with E-state index in [9.17, 15) is 0 Å². The van der Waals surface area contributed by atoms with Crippen LogP contribution in [0, 0.1) is 0 Å². The van der Waals surface area contributed by atoms with Crippen LogP contribution in [0.4, 0.5) is 0 Å². The van der Waals surface area contributed by atoms with Gasteiger partial charge in [0.15, 0.2) is 0 Å². The zero-order chi connectivity index (χ0) is 20.3. The molecule has 1 aliphatic rings. The maximum atomic E-state index is 2.38. The Kier molecular flexibility index (Phi) is 6.81. The van der Waals surface area contributed by atoms with E-state index in [4.69, 9.17) is 0 Å². The van der Waals surface area contributed by atoms with Gasteiger partial charge >= 0.3 is 0 Å². The molecule has 0 heteroatoms. The molecule has 0 radical (unpaired) electrons. The molecule has 0 atom stereocenters. The molecule has 0 bridgehead atoms. The normalized spacial score (nSPS) is 20.2. The Hall–Kier alpha value is -1.82. The van der Waals surface area contributed by atoms with Crippen LogP contribution in [0.25, 0.3) is 10.8 Å². The summed E-state index contributed by atoms with van der Waals surface area (Å²) in [6.45, 7) is 14.1. The fourth-order valence-corrected chi connectivity index (χ4v) is 5.62. The lowest BCUT2D eigenvalue weighted by atomic mass is 9.76. The first kappa shape index (κ1) is 20.9. The molecule has 0 N–H and O–H groups in total. The van der Waals surface area contributed by atoms with Crippen molar-refractivity contribution in [3.05, 3.63) is 68.8 Å². The van der Waals surface area contributed by atoms with Gasteiger partial charge in [0.05, 0.1) is 0 Å². The van der Waals surface area contributed by atoms with E-state index in [1.165, 1.54) is 23.6 Å². The van der Waals surface area contributed by atoms with Gasteiger partial charge in [-0.1, -0.05) is 77.0 Å². The molecular formula is C28H38. The molecule has 0 saturated carbocycles. The molecule has 2 aromatic carbocycles. The minimum atomic E-state index is 1.12. The molecule has 0 spiro atoms. The molecule has 0 nitrogen and oxygen atoms in total. The predicted octanol–water partition coefficient (Wildman–Crippen LogP) is 8.30. The zero-order valence-corrected chi connectivity index (χ0v) is 19.0. The summed E-state index contributed by atoms with van der Waals surface area (Å²) >= 11 is 0. The number of hydrogen-bond donors (Lipinski definition) is 0. The average molecular weight is 375 g/mol. The zero-order valence-electron chi connectivity index (χ0n) is 19.0. The molecule has 0 unspecified atom stereocenters. The maximum Gasteiger partial charge on any atom is -0.00522 e.